The van der Waals surface area contributed by atoms with Crippen molar-refractivity contribution in [2.45, 2.75) is 64.6 Å². The molecule has 1 aromatic rings. The molecule has 1 N–H and O–H groups in total. The zero-order valence-corrected chi connectivity index (χ0v) is 12.7. The number of nitrogens with zero attached hydrogens (tertiary/aromatic N) is 1. The average molecular weight is 272 g/mol. The minimum Gasteiger partial charge on any atom is -0.350 e. The Bertz CT molecular complexity index is 434. The Labute approximate surface area is 122 Å². The molecule has 2 heteroatoms. The molecule has 0 aliphatic heterocycles. The van der Waals surface area contributed by atoms with Gasteiger partial charge in [-0.3, -0.25) is 0 Å². The van der Waals surface area contributed by atoms with Crippen LogP contribution in [0.25, 0.3) is 0 Å². The molecule has 20 heavy (non-hydrogen) atoms. The number of hydrogen-bond acceptors (Lipinski definition) is 1. The predicted molar refractivity (Wildman–Crippen MR) is 82.4 cm³/mol. The fraction of sp³-hybridized carbons (Fsp3) is 0.778. The van der Waals surface area contributed by atoms with E-state index in [1.54, 1.807) is 6.42 Å². The second-order valence-electron chi connectivity index (χ2n) is 7.53. The summed E-state index contributed by atoms with van der Waals surface area (Å²) in [4.78, 5) is 0. The Morgan fingerprint density at radius 3 is 2.45 bits per heavy atom. The Hall–Kier alpha value is -0.760. The zero-order chi connectivity index (χ0) is 13.5. The first-order chi connectivity index (χ1) is 9.83. The number of aryl methyl sites for hydroxylation is 1. The number of nitrogens with one attached hydrogen (secondary N) is 1. The summed E-state index contributed by atoms with van der Waals surface area (Å²) >= 11 is 0. The van der Waals surface area contributed by atoms with E-state index in [1.165, 1.54) is 37.8 Å². The van der Waals surface area contributed by atoms with Crippen LogP contribution in [0.2, 0.25) is 0 Å². The van der Waals surface area contributed by atoms with E-state index in [0.29, 0.717) is 0 Å². The topological polar surface area (TPSA) is 17.0 Å². The van der Waals surface area contributed by atoms with E-state index < -0.39 is 0 Å². The standard InChI is InChI=1S/C18H28N2/c1-2-5-20-6-3-4-17(20)12-19-18-15-8-13-7-14(10-15)11-16(18)9-13/h3-4,6,13-16,18-19H,2,5,7-12H2,1H3. The third-order valence-electron chi connectivity index (χ3n) is 6.13. The molecule has 1 heterocycles. The van der Waals surface area contributed by atoms with Crippen molar-refractivity contribution in [2.75, 3.05) is 0 Å². The molecule has 0 amide bonds. The van der Waals surface area contributed by atoms with Gasteiger partial charge in [0, 0.05) is 31.0 Å². The van der Waals surface area contributed by atoms with Crippen molar-refractivity contribution in [3.05, 3.63) is 24.0 Å². The molecule has 2 nitrogen and oxygen atoms in total. The quantitative estimate of drug-likeness (QED) is 0.862. The molecule has 110 valence electrons. The summed E-state index contributed by atoms with van der Waals surface area (Å²) in [5.41, 5.74) is 1.47. The minimum absolute atomic E-state index is 0.813. The van der Waals surface area contributed by atoms with E-state index in [-0.39, 0.29) is 0 Å². The van der Waals surface area contributed by atoms with E-state index in [1.807, 2.05) is 0 Å². The Morgan fingerprint density at radius 1 is 1.10 bits per heavy atom. The zero-order valence-electron chi connectivity index (χ0n) is 12.7. The van der Waals surface area contributed by atoms with Gasteiger partial charge in [0.05, 0.1) is 0 Å². The maximum atomic E-state index is 3.95. The van der Waals surface area contributed by atoms with E-state index in [2.05, 4.69) is 35.1 Å². The van der Waals surface area contributed by atoms with Gasteiger partial charge in [0.15, 0.2) is 0 Å². The predicted octanol–water partition coefficient (Wildman–Crippen LogP) is 3.81. The van der Waals surface area contributed by atoms with Crippen LogP contribution in [0.1, 0.15) is 51.1 Å². The van der Waals surface area contributed by atoms with Crippen LogP contribution in [0.15, 0.2) is 18.3 Å². The van der Waals surface area contributed by atoms with E-state index in [0.717, 1.165) is 42.8 Å². The second-order valence-corrected chi connectivity index (χ2v) is 7.53. The Kier molecular flexibility index (Phi) is 3.37. The fourth-order valence-electron chi connectivity index (χ4n) is 5.55. The van der Waals surface area contributed by atoms with Crippen LogP contribution < -0.4 is 5.32 Å². The maximum Gasteiger partial charge on any atom is 0.0361 e. The van der Waals surface area contributed by atoms with Gasteiger partial charge in [-0.05, 0) is 74.3 Å². The normalized spacial score (nSPS) is 38.5. The van der Waals surface area contributed by atoms with Gasteiger partial charge in [0.25, 0.3) is 0 Å². The van der Waals surface area contributed by atoms with Crippen LogP contribution in [0.4, 0.5) is 0 Å². The van der Waals surface area contributed by atoms with Gasteiger partial charge in [0.1, 0.15) is 0 Å². The molecule has 0 spiro atoms. The van der Waals surface area contributed by atoms with E-state index in [9.17, 15) is 0 Å². The van der Waals surface area contributed by atoms with Gasteiger partial charge in [-0.1, -0.05) is 6.92 Å². The SMILES string of the molecule is CCCn1cccc1CNC1C2CC3CC(C2)CC1C3. The Balaban J connectivity index is 1.41. The van der Waals surface area contributed by atoms with Crippen molar-refractivity contribution in [3.8, 4) is 0 Å². The van der Waals surface area contributed by atoms with Crippen LogP contribution in [0, 0.1) is 23.7 Å². The van der Waals surface area contributed by atoms with Crippen molar-refractivity contribution in [1.82, 2.24) is 9.88 Å². The summed E-state index contributed by atoms with van der Waals surface area (Å²) in [5.74, 6) is 4.14. The van der Waals surface area contributed by atoms with Gasteiger partial charge < -0.3 is 9.88 Å². The molecule has 1 aromatic heterocycles. The smallest absolute Gasteiger partial charge is 0.0361 e. The van der Waals surface area contributed by atoms with Crippen LogP contribution >= 0.6 is 0 Å². The van der Waals surface area contributed by atoms with Crippen LogP contribution in [0.3, 0.4) is 0 Å². The van der Waals surface area contributed by atoms with Crippen molar-refractivity contribution in [1.29, 1.82) is 0 Å². The first-order valence-corrected chi connectivity index (χ1v) is 8.71. The van der Waals surface area contributed by atoms with Gasteiger partial charge in [0.2, 0.25) is 0 Å². The third-order valence-corrected chi connectivity index (χ3v) is 6.13. The monoisotopic (exact) mass is 272 g/mol. The van der Waals surface area contributed by atoms with Crippen molar-refractivity contribution in [3.63, 3.8) is 0 Å². The first-order valence-electron chi connectivity index (χ1n) is 8.71. The lowest BCUT2D eigenvalue weighted by Gasteiger charge is -2.54. The van der Waals surface area contributed by atoms with Crippen LogP contribution in [-0.4, -0.2) is 10.6 Å². The molecule has 4 fully saturated rings. The molecule has 0 atom stereocenters. The summed E-state index contributed by atoms with van der Waals surface area (Å²) in [6, 6.07) is 5.30. The highest BCUT2D eigenvalue weighted by Crippen LogP contribution is 2.53. The molecule has 4 saturated carbocycles. The average Bonchev–Trinajstić information content (AvgIpc) is 2.85. The number of aromatic nitrogens is 1. The van der Waals surface area contributed by atoms with E-state index >= 15 is 0 Å². The van der Waals surface area contributed by atoms with Crippen LogP contribution in [-0.2, 0) is 13.1 Å². The van der Waals surface area contributed by atoms with Gasteiger partial charge >= 0.3 is 0 Å². The second kappa shape index (κ2) is 5.22. The molecule has 5 rings (SSSR count). The Morgan fingerprint density at radius 2 is 1.80 bits per heavy atom. The lowest BCUT2D eigenvalue weighted by Crippen LogP contribution is -2.54. The summed E-state index contributed by atoms with van der Waals surface area (Å²) in [5, 5.41) is 3.95. The van der Waals surface area contributed by atoms with Gasteiger partial charge in [-0.15, -0.1) is 0 Å². The molecule has 4 aliphatic carbocycles. The summed E-state index contributed by atoms with van der Waals surface area (Å²) in [7, 11) is 0. The molecular weight excluding hydrogens is 244 g/mol. The molecular formula is C18H28N2. The minimum atomic E-state index is 0.813. The first kappa shape index (κ1) is 12.9. The molecule has 0 unspecified atom stereocenters. The van der Waals surface area contributed by atoms with Gasteiger partial charge in [-0.2, -0.15) is 0 Å². The van der Waals surface area contributed by atoms with Crippen molar-refractivity contribution in [2.24, 2.45) is 23.7 Å². The summed E-state index contributed by atoms with van der Waals surface area (Å²) in [6.07, 6.45) is 11.1. The van der Waals surface area contributed by atoms with Crippen molar-refractivity contribution >= 4 is 0 Å². The van der Waals surface area contributed by atoms with Gasteiger partial charge in [-0.25, -0.2) is 0 Å². The lowest BCUT2D eigenvalue weighted by molar-refractivity contribution is -0.0144. The number of rotatable bonds is 5. The third kappa shape index (κ3) is 2.22. The molecule has 4 aliphatic rings. The molecule has 0 saturated heterocycles. The number of hydrogen-bond donors (Lipinski definition) is 1. The molecule has 0 radical (unpaired) electrons. The summed E-state index contributed by atoms with van der Waals surface area (Å²) in [6.45, 7) is 4.49. The fourth-order valence-corrected chi connectivity index (χ4v) is 5.55. The van der Waals surface area contributed by atoms with Crippen molar-refractivity contribution < 1.29 is 0 Å². The summed E-state index contributed by atoms with van der Waals surface area (Å²) < 4.78 is 2.42. The highest BCUT2D eigenvalue weighted by atomic mass is 15.0. The molecule has 0 aromatic carbocycles. The highest BCUT2D eigenvalue weighted by Gasteiger charge is 2.47. The lowest BCUT2D eigenvalue weighted by atomic mass is 9.54. The van der Waals surface area contributed by atoms with Crippen LogP contribution in [0.5, 0.6) is 0 Å². The molecule has 4 bridgehead atoms. The van der Waals surface area contributed by atoms with E-state index in [4.69, 9.17) is 0 Å². The largest absolute Gasteiger partial charge is 0.350 e. The highest BCUT2D eigenvalue weighted by molar-refractivity contribution is 5.08. The maximum absolute atomic E-state index is 3.95.